The maximum atomic E-state index is 11.1. The number of halogens is 1. The van der Waals surface area contributed by atoms with Crippen LogP contribution in [0.3, 0.4) is 0 Å². The van der Waals surface area contributed by atoms with Crippen LogP contribution in [0, 0.1) is 12.3 Å². The van der Waals surface area contributed by atoms with Gasteiger partial charge in [0.15, 0.2) is 0 Å². The highest BCUT2D eigenvalue weighted by Crippen LogP contribution is 2.13. The largest absolute Gasteiger partial charge is 0.327 e. The maximum Gasteiger partial charge on any atom is 0.319 e. The van der Waals surface area contributed by atoms with Gasteiger partial charge in [0.05, 0.1) is 6.54 Å². The lowest BCUT2D eigenvalue weighted by Crippen LogP contribution is -2.28. The van der Waals surface area contributed by atoms with Crippen LogP contribution in [-0.2, 0) is 0 Å². The fourth-order valence-electron chi connectivity index (χ4n) is 0.840. The van der Waals surface area contributed by atoms with Gasteiger partial charge in [0, 0.05) is 10.2 Å². The van der Waals surface area contributed by atoms with Gasteiger partial charge in [-0.25, -0.2) is 4.79 Å². The van der Waals surface area contributed by atoms with Crippen LogP contribution in [0.25, 0.3) is 0 Å². The molecule has 1 aromatic rings. The van der Waals surface area contributed by atoms with Crippen LogP contribution in [-0.4, -0.2) is 12.6 Å². The van der Waals surface area contributed by atoms with Gasteiger partial charge < -0.3 is 10.6 Å². The molecule has 0 aromatic heterocycles. The van der Waals surface area contributed by atoms with E-state index in [0.29, 0.717) is 0 Å². The van der Waals surface area contributed by atoms with E-state index in [2.05, 4.69) is 32.5 Å². The third kappa shape index (κ3) is 3.50. The smallest absolute Gasteiger partial charge is 0.319 e. The Hall–Kier alpha value is -1.47. The Labute approximate surface area is 91.0 Å². The molecule has 0 aliphatic heterocycles. The van der Waals surface area contributed by atoms with E-state index in [1.807, 2.05) is 12.1 Å². The summed E-state index contributed by atoms with van der Waals surface area (Å²) in [6.45, 7) is 0.225. The summed E-state index contributed by atoms with van der Waals surface area (Å²) >= 11 is 3.30. The third-order valence-electron chi connectivity index (χ3n) is 1.45. The van der Waals surface area contributed by atoms with Crippen LogP contribution in [0.4, 0.5) is 10.5 Å². The molecule has 1 rings (SSSR count). The van der Waals surface area contributed by atoms with Crippen molar-refractivity contribution in [1.29, 1.82) is 0 Å². The second kappa shape index (κ2) is 5.30. The van der Waals surface area contributed by atoms with E-state index in [0.717, 1.165) is 10.2 Å². The quantitative estimate of drug-likeness (QED) is 0.779. The van der Waals surface area contributed by atoms with Crippen molar-refractivity contribution in [2.75, 3.05) is 11.9 Å². The molecule has 0 unspecified atom stereocenters. The molecule has 0 spiro atoms. The van der Waals surface area contributed by atoms with Gasteiger partial charge >= 0.3 is 6.03 Å². The second-order valence-electron chi connectivity index (χ2n) is 2.52. The van der Waals surface area contributed by atoms with Gasteiger partial charge in [-0.1, -0.05) is 21.9 Å². The lowest BCUT2D eigenvalue weighted by atomic mass is 10.3. The van der Waals surface area contributed by atoms with Gasteiger partial charge in [0.2, 0.25) is 0 Å². The van der Waals surface area contributed by atoms with Crippen LogP contribution in [0.2, 0.25) is 0 Å². The molecule has 14 heavy (non-hydrogen) atoms. The lowest BCUT2D eigenvalue weighted by Gasteiger charge is -2.04. The Morgan fingerprint density at radius 3 is 2.64 bits per heavy atom. The molecule has 0 bridgehead atoms. The van der Waals surface area contributed by atoms with Crippen molar-refractivity contribution >= 4 is 27.6 Å². The molecule has 4 heteroatoms. The molecule has 0 aliphatic carbocycles. The van der Waals surface area contributed by atoms with Gasteiger partial charge in [-0.15, -0.1) is 6.42 Å². The number of hydrogen-bond acceptors (Lipinski definition) is 1. The number of rotatable bonds is 2. The summed E-state index contributed by atoms with van der Waals surface area (Å²) in [7, 11) is 0. The topological polar surface area (TPSA) is 41.1 Å². The predicted molar refractivity (Wildman–Crippen MR) is 60.0 cm³/mol. The summed E-state index contributed by atoms with van der Waals surface area (Å²) < 4.78 is 0.965. The van der Waals surface area contributed by atoms with E-state index in [1.54, 1.807) is 12.1 Å². The number of carbonyl (C=O) groups excluding carboxylic acids is 1. The van der Waals surface area contributed by atoms with E-state index < -0.39 is 0 Å². The predicted octanol–water partition coefficient (Wildman–Crippen LogP) is 2.20. The lowest BCUT2D eigenvalue weighted by molar-refractivity contribution is 0.253. The normalized spacial score (nSPS) is 8.86. The molecular formula is C10H9BrN2O. The highest BCUT2D eigenvalue weighted by atomic mass is 79.9. The van der Waals surface area contributed by atoms with E-state index in [-0.39, 0.29) is 12.6 Å². The molecule has 0 radical (unpaired) electrons. The average molecular weight is 253 g/mol. The van der Waals surface area contributed by atoms with Crippen molar-refractivity contribution in [3.63, 3.8) is 0 Å². The van der Waals surface area contributed by atoms with Crippen LogP contribution >= 0.6 is 15.9 Å². The fourth-order valence-corrected chi connectivity index (χ4v) is 1.10. The first-order valence-corrected chi connectivity index (χ1v) is 4.75. The monoisotopic (exact) mass is 252 g/mol. The minimum absolute atomic E-state index is 0.225. The summed E-state index contributed by atoms with van der Waals surface area (Å²) in [5.74, 6) is 2.31. The molecule has 2 amide bonds. The SMILES string of the molecule is C#CCNC(=O)Nc1ccc(Br)cc1. The number of urea groups is 1. The molecule has 3 nitrogen and oxygen atoms in total. The Bertz CT molecular complexity index is 353. The first-order chi connectivity index (χ1) is 6.72. The number of anilines is 1. The number of nitrogens with one attached hydrogen (secondary N) is 2. The van der Waals surface area contributed by atoms with Crippen molar-refractivity contribution in [2.24, 2.45) is 0 Å². The number of benzene rings is 1. The summed E-state index contributed by atoms with van der Waals surface area (Å²) in [4.78, 5) is 11.1. The van der Waals surface area contributed by atoms with Gasteiger partial charge in [-0.2, -0.15) is 0 Å². The molecule has 2 N–H and O–H groups in total. The Kier molecular flexibility index (Phi) is 4.02. The highest BCUT2D eigenvalue weighted by Gasteiger charge is 1.98. The molecule has 0 aliphatic rings. The number of terminal acetylenes is 1. The van der Waals surface area contributed by atoms with Crippen LogP contribution in [0.15, 0.2) is 28.7 Å². The van der Waals surface area contributed by atoms with Gasteiger partial charge in [0.1, 0.15) is 0 Å². The maximum absolute atomic E-state index is 11.1. The second-order valence-corrected chi connectivity index (χ2v) is 3.43. The van der Waals surface area contributed by atoms with E-state index in [1.165, 1.54) is 0 Å². The third-order valence-corrected chi connectivity index (χ3v) is 1.98. The first-order valence-electron chi connectivity index (χ1n) is 3.96. The fraction of sp³-hybridized carbons (Fsp3) is 0.100. The van der Waals surface area contributed by atoms with Crippen molar-refractivity contribution in [3.8, 4) is 12.3 Å². The molecular weight excluding hydrogens is 244 g/mol. The van der Waals surface area contributed by atoms with Crippen LogP contribution in [0.5, 0.6) is 0 Å². The Morgan fingerprint density at radius 2 is 2.07 bits per heavy atom. The van der Waals surface area contributed by atoms with Crippen molar-refractivity contribution in [2.45, 2.75) is 0 Å². The van der Waals surface area contributed by atoms with Gasteiger partial charge in [0.25, 0.3) is 0 Å². The summed E-state index contributed by atoms with van der Waals surface area (Å²) in [6, 6.07) is 6.97. The van der Waals surface area contributed by atoms with Crippen LogP contribution in [0.1, 0.15) is 0 Å². The summed E-state index contributed by atoms with van der Waals surface area (Å²) in [5, 5.41) is 5.14. The van der Waals surface area contributed by atoms with Crippen molar-refractivity contribution in [3.05, 3.63) is 28.7 Å². The molecule has 0 heterocycles. The van der Waals surface area contributed by atoms with E-state index in [4.69, 9.17) is 6.42 Å². The number of amides is 2. The van der Waals surface area contributed by atoms with Crippen molar-refractivity contribution in [1.82, 2.24) is 5.32 Å². The Morgan fingerprint density at radius 1 is 1.43 bits per heavy atom. The average Bonchev–Trinajstić information content (AvgIpc) is 2.18. The molecule has 0 atom stereocenters. The summed E-state index contributed by atoms with van der Waals surface area (Å²) in [5.41, 5.74) is 0.725. The highest BCUT2D eigenvalue weighted by molar-refractivity contribution is 9.10. The zero-order valence-electron chi connectivity index (χ0n) is 7.38. The first kappa shape index (κ1) is 10.6. The Balaban J connectivity index is 2.49. The number of hydrogen-bond donors (Lipinski definition) is 2. The van der Waals surface area contributed by atoms with Crippen molar-refractivity contribution < 1.29 is 4.79 Å². The minimum atomic E-state index is -0.301. The molecule has 0 fully saturated rings. The number of carbonyl (C=O) groups is 1. The standard InChI is InChI=1S/C10H9BrN2O/c1-2-7-12-10(14)13-9-5-3-8(11)4-6-9/h1,3-6H,7H2,(H2,12,13,14). The van der Waals surface area contributed by atoms with E-state index >= 15 is 0 Å². The van der Waals surface area contributed by atoms with Gasteiger partial charge in [-0.05, 0) is 24.3 Å². The minimum Gasteiger partial charge on any atom is -0.327 e. The van der Waals surface area contributed by atoms with E-state index in [9.17, 15) is 4.79 Å². The molecule has 0 saturated carbocycles. The van der Waals surface area contributed by atoms with Gasteiger partial charge in [-0.3, -0.25) is 0 Å². The summed E-state index contributed by atoms with van der Waals surface area (Å²) in [6.07, 6.45) is 4.99. The molecule has 72 valence electrons. The zero-order chi connectivity index (χ0) is 10.4. The molecule has 1 aromatic carbocycles. The zero-order valence-corrected chi connectivity index (χ0v) is 8.97. The van der Waals surface area contributed by atoms with Crippen LogP contribution < -0.4 is 10.6 Å². The molecule has 0 saturated heterocycles.